The van der Waals surface area contributed by atoms with Gasteiger partial charge in [-0.3, -0.25) is 9.59 Å². The average molecular weight is 421 g/mol. The van der Waals surface area contributed by atoms with Gasteiger partial charge in [-0.15, -0.1) is 0 Å². The number of amides is 2. The summed E-state index contributed by atoms with van der Waals surface area (Å²) in [6, 6.07) is 13.7. The molecule has 1 heterocycles. The molecule has 0 radical (unpaired) electrons. The molecule has 0 spiro atoms. The molecule has 0 saturated heterocycles. The lowest BCUT2D eigenvalue weighted by Crippen LogP contribution is -2.32. The summed E-state index contributed by atoms with van der Waals surface area (Å²) >= 11 is 6.10. The van der Waals surface area contributed by atoms with Gasteiger partial charge in [0.2, 0.25) is 5.91 Å². The molecular formula is C20H21ClN2O4S. The van der Waals surface area contributed by atoms with Crippen LogP contribution in [0.4, 0.5) is 0 Å². The number of hydrogen-bond acceptors (Lipinski definition) is 4. The molecule has 2 aromatic carbocycles. The third kappa shape index (κ3) is 4.36. The highest BCUT2D eigenvalue weighted by molar-refractivity contribution is 7.90. The van der Waals surface area contributed by atoms with Crippen molar-refractivity contribution in [3.63, 3.8) is 0 Å². The van der Waals surface area contributed by atoms with Crippen molar-refractivity contribution in [2.75, 3.05) is 13.1 Å². The fourth-order valence-corrected chi connectivity index (χ4v) is 4.97. The van der Waals surface area contributed by atoms with Gasteiger partial charge in [-0.1, -0.05) is 41.9 Å². The summed E-state index contributed by atoms with van der Waals surface area (Å²) in [5, 5.41) is 3.53. The van der Waals surface area contributed by atoms with Crippen molar-refractivity contribution >= 4 is 33.4 Å². The highest BCUT2D eigenvalue weighted by atomic mass is 35.5. The van der Waals surface area contributed by atoms with Crippen LogP contribution in [0.2, 0.25) is 5.02 Å². The number of sulfonamides is 1. The zero-order valence-electron chi connectivity index (χ0n) is 15.2. The first kappa shape index (κ1) is 20.4. The Hall–Kier alpha value is -2.38. The van der Waals surface area contributed by atoms with Gasteiger partial charge < -0.3 is 5.32 Å². The average Bonchev–Trinajstić information content (AvgIpc) is 2.87. The Bertz CT molecular complexity index is 991. The Balaban J connectivity index is 1.41. The first-order valence-electron chi connectivity index (χ1n) is 9.07. The number of halogens is 1. The van der Waals surface area contributed by atoms with Crippen molar-refractivity contribution in [2.45, 2.75) is 30.6 Å². The second kappa shape index (κ2) is 8.75. The number of rotatable bonds is 8. The normalized spacial score (nSPS) is 14.8. The number of aryl methyl sites for hydroxylation is 1. The van der Waals surface area contributed by atoms with Gasteiger partial charge in [-0.25, -0.2) is 12.7 Å². The van der Waals surface area contributed by atoms with Crippen molar-refractivity contribution < 1.29 is 18.0 Å². The largest absolute Gasteiger partial charge is 0.356 e. The zero-order chi connectivity index (χ0) is 20.1. The van der Waals surface area contributed by atoms with Crippen LogP contribution in [0.5, 0.6) is 0 Å². The number of carbonyl (C=O) groups excluding carboxylic acids is 2. The maximum absolute atomic E-state index is 12.4. The van der Waals surface area contributed by atoms with Crippen LogP contribution < -0.4 is 5.32 Å². The second-order valence-electron chi connectivity index (χ2n) is 6.53. The van der Waals surface area contributed by atoms with Gasteiger partial charge in [0.25, 0.3) is 15.9 Å². The molecule has 0 unspecified atom stereocenters. The van der Waals surface area contributed by atoms with Gasteiger partial charge in [0, 0.05) is 24.5 Å². The van der Waals surface area contributed by atoms with E-state index in [0.717, 1.165) is 22.7 Å². The van der Waals surface area contributed by atoms with Crippen molar-refractivity contribution in [2.24, 2.45) is 0 Å². The van der Waals surface area contributed by atoms with Crippen LogP contribution in [-0.4, -0.2) is 37.6 Å². The predicted octanol–water partition coefficient (Wildman–Crippen LogP) is 3.01. The Morgan fingerprint density at radius 2 is 1.75 bits per heavy atom. The molecule has 28 heavy (non-hydrogen) atoms. The lowest BCUT2D eigenvalue weighted by atomic mass is 10.1. The maximum Gasteiger partial charge on any atom is 0.269 e. The molecule has 0 aliphatic carbocycles. The summed E-state index contributed by atoms with van der Waals surface area (Å²) in [4.78, 5) is 24.3. The van der Waals surface area contributed by atoms with E-state index >= 15 is 0 Å². The van der Waals surface area contributed by atoms with Crippen LogP contribution in [0.3, 0.4) is 0 Å². The first-order valence-corrected chi connectivity index (χ1v) is 10.9. The van der Waals surface area contributed by atoms with E-state index in [1.807, 2.05) is 24.3 Å². The zero-order valence-corrected chi connectivity index (χ0v) is 16.8. The smallest absolute Gasteiger partial charge is 0.269 e. The van der Waals surface area contributed by atoms with Crippen LogP contribution >= 0.6 is 11.6 Å². The Morgan fingerprint density at radius 1 is 1.04 bits per heavy atom. The van der Waals surface area contributed by atoms with Crippen molar-refractivity contribution in [3.05, 3.63) is 64.7 Å². The predicted molar refractivity (Wildman–Crippen MR) is 107 cm³/mol. The molecule has 0 saturated carbocycles. The van der Waals surface area contributed by atoms with Gasteiger partial charge in [0.15, 0.2) is 0 Å². The third-order valence-electron chi connectivity index (χ3n) is 4.58. The van der Waals surface area contributed by atoms with Crippen LogP contribution in [0.1, 0.15) is 35.2 Å². The summed E-state index contributed by atoms with van der Waals surface area (Å²) in [5.41, 5.74) is 1.22. The van der Waals surface area contributed by atoms with E-state index in [0.29, 0.717) is 11.6 Å². The van der Waals surface area contributed by atoms with Gasteiger partial charge in [-0.05, 0) is 43.0 Å². The highest BCUT2D eigenvalue weighted by Gasteiger charge is 2.40. The molecule has 8 heteroatoms. The SMILES string of the molecule is O=C(CCCN1C(=O)c2ccccc2S1(=O)=O)NCCCc1ccccc1Cl. The number of carbonyl (C=O) groups is 2. The minimum atomic E-state index is -3.81. The second-order valence-corrected chi connectivity index (χ2v) is 8.76. The number of benzene rings is 2. The molecule has 0 aromatic heterocycles. The van der Waals surface area contributed by atoms with Gasteiger partial charge in [0.1, 0.15) is 4.90 Å². The van der Waals surface area contributed by atoms with E-state index in [9.17, 15) is 18.0 Å². The number of fused-ring (bicyclic) bond motifs is 1. The molecule has 3 rings (SSSR count). The van der Waals surface area contributed by atoms with Crippen LogP contribution in [-0.2, 0) is 21.2 Å². The van der Waals surface area contributed by atoms with Crippen LogP contribution in [0, 0.1) is 0 Å². The van der Waals surface area contributed by atoms with Crippen LogP contribution in [0.25, 0.3) is 0 Å². The summed E-state index contributed by atoms with van der Waals surface area (Å²) in [6.45, 7) is 0.499. The van der Waals surface area contributed by atoms with Crippen molar-refractivity contribution in [1.82, 2.24) is 9.62 Å². The molecule has 6 nitrogen and oxygen atoms in total. The molecule has 0 fully saturated rings. The summed E-state index contributed by atoms with van der Waals surface area (Å²) < 4.78 is 25.7. The number of hydrogen-bond donors (Lipinski definition) is 1. The summed E-state index contributed by atoms with van der Waals surface area (Å²) in [5.74, 6) is -0.698. The van der Waals surface area contributed by atoms with Gasteiger partial charge in [0.05, 0.1) is 5.56 Å². The van der Waals surface area contributed by atoms with E-state index in [1.54, 1.807) is 12.1 Å². The standard InChI is InChI=1S/C20H21ClN2O4S/c21-17-10-3-1-7-15(17)8-5-13-22-19(24)12-6-14-23-20(25)16-9-2-4-11-18(16)28(23,26)27/h1-4,7,9-11H,5-6,8,12-14H2,(H,22,24). The first-order chi connectivity index (χ1) is 13.4. The molecule has 1 aliphatic heterocycles. The Labute approximate surface area is 169 Å². The highest BCUT2D eigenvalue weighted by Crippen LogP contribution is 2.29. The summed E-state index contributed by atoms with van der Waals surface area (Å²) in [6.07, 6.45) is 1.94. The van der Waals surface area contributed by atoms with Gasteiger partial charge >= 0.3 is 0 Å². The maximum atomic E-state index is 12.4. The van der Waals surface area contributed by atoms with Gasteiger partial charge in [-0.2, -0.15) is 0 Å². The number of nitrogens with zero attached hydrogens (tertiary/aromatic N) is 1. The molecular weight excluding hydrogens is 400 g/mol. The van der Waals surface area contributed by atoms with Crippen molar-refractivity contribution in [3.8, 4) is 0 Å². The fraction of sp³-hybridized carbons (Fsp3) is 0.300. The lowest BCUT2D eigenvalue weighted by Gasteiger charge is -2.14. The van der Waals surface area contributed by atoms with Crippen molar-refractivity contribution in [1.29, 1.82) is 0 Å². The van der Waals surface area contributed by atoms with E-state index < -0.39 is 15.9 Å². The Morgan fingerprint density at radius 3 is 2.50 bits per heavy atom. The Kier molecular flexibility index (Phi) is 6.36. The quantitative estimate of drug-likeness (QED) is 0.665. The molecule has 0 atom stereocenters. The molecule has 1 aliphatic rings. The van der Waals surface area contributed by atoms with E-state index in [4.69, 9.17) is 11.6 Å². The fourth-order valence-electron chi connectivity index (χ4n) is 3.13. The molecule has 148 valence electrons. The monoisotopic (exact) mass is 420 g/mol. The summed E-state index contributed by atoms with van der Waals surface area (Å²) in [7, 11) is -3.81. The van der Waals surface area contributed by atoms with E-state index in [-0.39, 0.29) is 35.8 Å². The van der Waals surface area contributed by atoms with E-state index in [1.165, 1.54) is 12.1 Å². The lowest BCUT2D eigenvalue weighted by molar-refractivity contribution is -0.121. The minimum Gasteiger partial charge on any atom is -0.356 e. The molecule has 0 bridgehead atoms. The third-order valence-corrected chi connectivity index (χ3v) is 6.79. The topological polar surface area (TPSA) is 83.6 Å². The number of nitrogens with one attached hydrogen (secondary N) is 1. The van der Waals surface area contributed by atoms with E-state index in [2.05, 4.69) is 5.32 Å². The molecule has 2 aromatic rings. The molecule has 2 amide bonds. The van der Waals surface area contributed by atoms with Crippen LogP contribution in [0.15, 0.2) is 53.4 Å². The molecule has 1 N–H and O–H groups in total. The minimum absolute atomic E-state index is 0.0110.